The lowest BCUT2D eigenvalue weighted by Gasteiger charge is -2.32. The minimum atomic E-state index is -0.263. The van der Waals surface area contributed by atoms with Gasteiger partial charge in [0.1, 0.15) is 0 Å². The molecule has 28 heavy (non-hydrogen) atoms. The number of urea groups is 1. The van der Waals surface area contributed by atoms with Gasteiger partial charge in [-0.1, -0.05) is 0 Å². The number of hydrogen-bond donors (Lipinski definition) is 2. The molecule has 1 aromatic heterocycles. The number of rotatable bonds is 7. The highest BCUT2D eigenvalue weighted by molar-refractivity contribution is 7.13. The molecule has 2 aromatic rings. The van der Waals surface area contributed by atoms with Crippen molar-refractivity contribution >= 4 is 28.2 Å². The maximum atomic E-state index is 12.4. The van der Waals surface area contributed by atoms with Crippen LogP contribution in [0.3, 0.4) is 0 Å². The van der Waals surface area contributed by atoms with Crippen LogP contribution in [0.25, 0.3) is 0 Å². The zero-order chi connectivity index (χ0) is 19.9. The molecule has 1 aliphatic rings. The highest BCUT2D eigenvalue weighted by atomic mass is 32.1. The molecular weight excluding hydrogens is 380 g/mol. The molecule has 0 bridgehead atoms. The minimum absolute atomic E-state index is 0.263. The van der Waals surface area contributed by atoms with Crippen molar-refractivity contribution in [1.29, 1.82) is 0 Å². The molecule has 1 aliphatic heterocycles. The van der Waals surface area contributed by atoms with E-state index in [2.05, 4.69) is 20.5 Å². The fourth-order valence-electron chi connectivity index (χ4n) is 3.34. The van der Waals surface area contributed by atoms with Gasteiger partial charge >= 0.3 is 6.03 Å². The van der Waals surface area contributed by atoms with Gasteiger partial charge in [0.2, 0.25) is 5.75 Å². The molecule has 8 nitrogen and oxygen atoms in total. The first kappa shape index (κ1) is 20.1. The maximum absolute atomic E-state index is 12.4. The first-order valence-corrected chi connectivity index (χ1v) is 10.0. The molecule has 2 amide bonds. The van der Waals surface area contributed by atoms with E-state index in [4.69, 9.17) is 14.2 Å². The Bertz CT molecular complexity index is 759. The molecule has 9 heteroatoms. The Balaban J connectivity index is 1.55. The lowest BCUT2D eigenvalue weighted by molar-refractivity contribution is 0.249. The third-order valence-electron chi connectivity index (χ3n) is 4.68. The van der Waals surface area contributed by atoms with E-state index < -0.39 is 0 Å². The summed E-state index contributed by atoms with van der Waals surface area (Å²) >= 11 is 1.65. The number of piperidine rings is 1. The van der Waals surface area contributed by atoms with Crippen molar-refractivity contribution in [3.8, 4) is 17.2 Å². The molecular formula is C19H26N4O4S. The normalized spacial score (nSPS) is 16.4. The zero-order valence-corrected chi connectivity index (χ0v) is 17.2. The SMILES string of the molecule is COc1cc(NC(=O)NCC2CCCN(c3nccs3)C2)cc(OC)c1OC. The van der Waals surface area contributed by atoms with Gasteiger partial charge in [-0.3, -0.25) is 0 Å². The van der Waals surface area contributed by atoms with E-state index in [9.17, 15) is 4.79 Å². The van der Waals surface area contributed by atoms with Crippen LogP contribution in [0.15, 0.2) is 23.7 Å². The summed E-state index contributed by atoms with van der Waals surface area (Å²) in [7, 11) is 4.62. The number of ether oxygens (including phenoxy) is 3. The summed E-state index contributed by atoms with van der Waals surface area (Å²) in [4.78, 5) is 19.0. The van der Waals surface area contributed by atoms with Crippen molar-refractivity contribution < 1.29 is 19.0 Å². The molecule has 0 radical (unpaired) electrons. The highest BCUT2D eigenvalue weighted by Crippen LogP contribution is 2.39. The molecule has 0 aliphatic carbocycles. The predicted octanol–water partition coefficient (Wildman–Crippen LogP) is 3.21. The average molecular weight is 407 g/mol. The third-order valence-corrected chi connectivity index (χ3v) is 5.51. The van der Waals surface area contributed by atoms with Crippen LogP contribution >= 0.6 is 11.3 Å². The largest absolute Gasteiger partial charge is 0.493 e. The van der Waals surface area contributed by atoms with Crippen LogP contribution in [0.4, 0.5) is 15.6 Å². The molecule has 1 fully saturated rings. The quantitative estimate of drug-likeness (QED) is 0.735. The molecule has 3 rings (SSSR count). The van der Waals surface area contributed by atoms with E-state index in [1.165, 1.54) is 0 Å². The lowest BCUT2D eigenvalue weighted by atomic mass is 9.98. The fourth-order valence-corrected chi connectivity index (χ4v) is 4.02. The van der Waals surface area contributed by atoms with Gasteiger partial charge < -0.3 is 29.7 Å². The van der Waals surface area contributed by atoms with Crippen molar-refractivity contribution in [3.63, 3.8) is 0 Å². The summed E-state index contributed by atoms with van der Waals surface area (Å²) < 4.78 is 15.9. The number of amides is 2. The molecule has 2 N–H and O–H groups in total. The average Bonchev–Trinajstić information content (AvgIpc) is 3.26. The van der Waals surface area contributed by atoms with Crippen molar-refractivity contribution in [2.75, 3.05) is 51.2 Å². The zero-order valence-electron chi connectivity index (χ0n) is 16.4. The molecule has 1 unspecified atom stereocenters. The first-order valence-electron chi connectivity index (χ1n) is 9.14. The van der Waals surface area contributed by atoms with Crippen molar-refractivity contribution in [3.05, 3.63) is 23.7 Å². The Labute approximate surface area is 168 Å². The molecule has 2 heterocycles. The molecule has 0 spiro atoms. The number of carbonyl (C=O) groups excluding carboxylic acids is 1. The summed E-state index contributed by atoms with van der Waals surface area (Å²) in [5.74, 6) is 1.86. The Kier molecular flexibility index (Phi) is 6.80. The Morgan fingerprint density at radius 1 is 1.25 bits per heavy atom. The number of methoxy groups -OCH3 is 3. The predicted molar refractivity (Wildman–Crippen MR) is 110 cm³/mol. The monoisotopic (exact) mass is 406 g/mol. The second-order valence-corrected chi connectivity index (χ2v) is 7.39. The molecule has 1 atom stereocenters. The smallest absolute Gasteiger partial charge is 0.319 e. The lowest BCUT2D eigenvalue weighted by Crippen LogP contribution is -2.42. The Morgan fingerprint density at radius 3 is 2.61 bits per heavy atom. The van der Waals surface area contributed by atoms with Crippen molar-refractivity contribution in [2.24, 2.45) is 5.92 Å². The second kappa shape index (κ2) is 9.50. The number of anilines is 2. The van der Waals surface area contributed by atoms with Gasteiger partial charge in [0.25, 0.3) is 0 Å². The van der Waals surface area contributed by atoms with Gasteiger partial charge in [-0.25, -0.2) is 9.78 Å². The Hall–Kier alpha value is -2.68. The van der Waals surface area contributed by atoms with Crippen molar-refractivity contribution in [1.82, 2.24) is 10.3 Å². The number of nitrogens with zero attached hydrogens (tertiary/aromatic N) is 2. The van der Waals surface area contributed by atoms with E-state index in [0.29, 0.717) is 35.4 Å². The van der Waals surface area contributed by atoms with E-state index in [0.717, 1.165) is 31.1 Å². The standard InChI is InChI=1S/C19H26N4O4S/c1-25-15-9-14(10-16(26-2)17(15)27-3)22-18(24)21-11-13-5-4-7-23(12-13)19-20-6-8-28-19/h6,8-10,13H,4-5,7,11-12H2,1-3H3,(H2,21,22,24). The number of thiazole rings is 1. The maximum Gasteiger partial charge on any atom is 0.319 e. The number of carbonyl (C=O) groups is 1. The molecule has 0 saturated carbocycles. The van der Waals surface area contributed by atoms with Gasteiger partial charge in [0.15, 0.2) is 16.6 Å². The fraction of sp³-hybridized carbons (Fsp3) is 0.474. The molecule has 1 aromatic carbocycles. The third kappa shape index (κ3) is 4.78. The van der Waals surface area contributed by atoms with Crippen LogP contribution in [0.2, 0.25) is 0 Å². The summed E-state index contributed by atoms with van der Waals surface area (Å²) in [6.45, 7) is 2.53. The summed E-state index contributed by atoms with van der Waals surface area (Å²) in [5, 5.41) is 8.83. The van der Waals surface area contributed by atoms with Crippen LogP contribution in [0.5, 0.6) is 17.2 Å². The number of benzene rings is 1. The van der Waals surface area contributed by atoms with Gasteiger partial charge in [0, 0.05) is 43.3 Å². The van der Waals surface area contributed by atoms with Gasteiger partial charge in [-0.05, 0) is 18.8 Å². The van der Waals surface area contributed by atoms with Crippen LogP contribution < -0.4 is 29.7 Å². The number of nitrogens with one attached hydrogen (secondary N) is 2. The first-order chi connectivity index (χ1) is 13.6. The topological polar surface area (TPSA) is 85.0 Å². The van der Waals surface area contributed by atoms with E-state index in [-0.39, 0.29) is 6.03 Å². The molecule has 152 valence electrons. The summed E-state index contributed by atoms with van der Waals surface area (Å²) in [6, 6.07) is 3.14. The summed E-state index contributed by atoms with van der Waals surface area (Å²) in [6.07, 6.45) is 4.01. The number of hydrogen-bond acceptors (Lipinski definition) is 7. The Morgan fingerprint density at radius 2 is 2.00 bits per heavy atom. The van der Waals surface area contributed by atoms with Crippen LogP contribution in [0.1, 0.15) is 12.8 Å². The van der Waals surface area contributed by atoms with Gasteiger partial charge in [-0.2, -0.15) is 0 Å². The summed E-state index contributed by atoms with van der Waals surface area (Å²) in [5.41, 5.74) is 0.569. The van der Waals surface area contributed by atoms with E-state index in [1.807, 2.05) is 11.6 Å². The van der Waals surface area contributed by atoms with Crippen molar-refractivity contribution in [2.45, 2.75) is 12.8 Å². The minimum Gasteiger partial charge on any atom is -0.493 e. The van der Waals surface area contributed by atoms with Crippen LogP contribution in [-0.2, 0) is 0 Å². The highest BCUT2D eigenvalue weighted by Gasteiger charge is 2.22. The number of aromatic nitrogens is 1. The van der Waals surface area contributed by atoms with Gasteiger partial charge in [-0.15, -0.1) is 11.3 Å². The van der Waals surface area contributed by atoms with E-state index in [1.54, 1.807) is 44.8 Å². The van der Waals surface area contributed by atoms with Crippen LogP contribution in [-0.4, -0.2) is 52.0 Å². The van der Waals surface area contributed by atoms with Gasteiger partial charge in [0.05, 0.1) is 27.0 Å². The second-order valence-electron chi connectivity index (χ2n) is 6.52. The van der Waals surface area contributed by atoms with E-state index >= 15 is 0 Å². The van der Waals surface area contributed by atoms with Crippen LogP contribution in [0, 0.1) is 5.92 Å². The molecule has 1 saturated heterocycles.